The molecule has 1 aliphatic rings. The molecule has 1 unspecified atom stereocenters. The van der Waals surface area contributed by atoms with Gasteiger partial charge >= 0.3 is 12.2 Å². The number of likely N-dealkylation sites (N-methyl/N-ethyl adjacent to an activating group) is 1. The Morgan fingerprint density at radius 3 is 2.41 bits per heavy atom. The van der Waals surface area contributed by atoms with Crippen LogP contribution in [0.5, 0.6) is 0 Å². The number of hydrogen-bond acceptors (Lipinski definition) is 3. The number of rotatable bonds is 5. The zero-order valence-corrected chi connectivity index (χ0v) is 21.0. The number of alkyl halides is 3. The Labute approximate surface area is 218 Å². The summed E-state index contributed by atoms with van der Waals surface area (Å²) in [5.41, 5.74) is -1.89. The smallest absolute Gasteiger partial charge is 0.323 e. The predicted octanol–water partition coefficient (Wildman–Crippen LogP) is 5.73. The van der Waals surface area contributed by atoms with E-state index in [0.717, 1.165) is 25.1 Å². The summed E-state index contributed by atoms with van der Waals surface area (Å²) >= 11 is 6.07. The number of amides is 2. The molecule has 0 saturated carbocycles. The molecular weight excluding hydrogens is 508 g/mol. The van der Waals surface area contributed by atoms with Crippen LogP contribution in [-0.4, -0.2) is 54.0 Å². The van der Waals surface area contributed by atoms with Crippen molar-refractivity contribution in [1.82, 2.24) is 20.1 Å². The SMILES string of the molecule is CN1CCCN(C(=O)NC(Cc2ccccc2)(c2cc(F)cc(C(F)(F)F)c2)c2ccc(Cl)cn2)CC1. The third-order valence-electron chi connectivity index (χ3n) is 6.52. The van der Waals surface area contributed by atoms with Gasteiger partial charge in [0.05, 0.1) is 16.3 Å². The number of pyridine rings is 1. The van der Waals surface area contributed by atoms with Gasteiger partial charge in [0.25, 0.3) is 0 Å². The average molecular weight is 535 g/mol. The van der Waals surface area contributed by atoms with Crippen molar-refractivity contribution < 1.29 is 22.4 Å². The number of benzene rings is 2. The van der Waals surface area contributed by atoms with Gasteiger partial charge in [-0.1, -0.05) is 41.9 Å². The topological polar surface area (TPSA) is 48.5 Å². The maximum absolute atomic E-state index is 14.7. The molecule has 10 heteroatoms. The predicted molar refractivity (Wildman–Crippen MR) is 134 cm³/mol. The zero-order valence-electron chi connectivity index (χ0n) is 20.2. The van der Waals surface area contributed by atoms with Crippen LogP contribution >= 0.6 is 11.6 Å². The van der Waals surface area contributed by atoms with Crippen LogP contribution in [0.3, 0.4) is 0 Å². The minimum atomic E-state index is -4.79. The summed E-state index contributed by atoms with van der Waals surface area (Å²) in [5, 5.41) is 3.29. The number of aromatic nitrogens is 1. The van der Waals surface area contributed by atoms with Crippen LogP contribution < -0.4 is 5.32 Å². The van der Waals surface area contributed by atoms with Gasteiger partial charge in [0.1, 0.15) is 11.4 Å². The van der Waals surface area contributed by atoms with Crippen molar-refractivity contribution in [3.8, 4) is 0 Å². The maximum atomic E-state index is 14.7. The highest BCUT2D eigenvalue weighted by Crippen LogP contribution is 2.38. The van der Waals surface area contributed by atoms with Crippen LogP contribution in [0.15, 0.2) is 66.9 Å². The number of nitrogens with one attached hydrogen (secondary N) is 1. The van der Waals surface area contributed by atoms with Crippen molar-refractivity contribution in [2.45, 2.75) is 24.6 Å². The number of carbonyl (C=O) groups excluding carboxylic acids is 1. The van der Waals surface area contributed by atoms with Crippen molar-refractivity contribution >= 4 is 17.6 Å². The van der Waals surface area contributed by atoms with Gasteiger partial charge in [0.15, 0.2) is 0 Å². The van der Waals surface area contributed by atoms with Crippen molar-refractivity contribution in [3.05, 3.63) is 100 Å². The van der Waals surface area contributed by atoms with Crippen LogP contribution in [0.2, 0.25) is 5.02 Å². The first kappa shape index (κ1) is 26.9. The van der Waals surface area contributed by atoms with Crippen LogP contribution in [0.25, 0.3) is 0 Å². The first-order valence-corrected chi connectivity index (χ1v) is 12.2. The lowest BCUT2D eigenvalue weighted by atomic mass is 9.79. The van der Waals surface area contributed by atoms with Crippen molar-refractivity contribution in [1.29, 1.82) is 0 Å². The fourth-order valence-electron chi connectivity index (χ4n) is 4.56. The summed E-state index contributed by atoms with van der Waals surface area (Å²) in [7, 11) is 1.96. The molecule has 2 amide bonds. The number of carbonyl (C=O) groups is 1. The molecule has 1 atom stereocenters. The Bertz CT molecular complexity index is 1220. The highest BCUT2D eigenvalue weighted by molar-refractivity contribution is 6.30. The van der Waals surface area contributed by atoms with E-state index < -0.39 is 29.1 Å². The zero-order chi connectivity index (χ0) is 26.6. The number of nitrogens with zero attached hydrogens (tertiary/aromatic N) is 3. The third kappa shape index (κ3) is 6.40. The molecule has 1 fully saturated rings. The fourth-order valence-corrected chi connectivity index (χ4v) is 4.67. The Balaban J connectivity index is 1.90. The molecule has 1 saturated heterocycles. The van der Waals surface area contributed by atoms with Crippen LogP contribution in [0.4, 0.5) is 22.4 Å². The van der Waals surface area contributed by atoms with Crippen LogP contribution in [0.1, 0.15) is 28.8 Å². The number of urea groups is 1. The molecule has 0 spiro atoms. The monoisotopic (exact) mass is 534 g/mol. The highest BCUT2D eigenvalue weighted by atomic mass is 35.5. The first-order valence-electron chi connectivity index (χ1n) is 11.9. The molecule has 2 aromatic carbocycles. The molecule has 1 aliphatic heterocycles. The van der Waals surface area contributed by atoms with Gasteiger partial charge in [-0.25, -0.2) is 9.18 Å². The van der Waals surface area contributed by atoms with E-state index in [0.29, 0.717) is 36.3 Å². The molecule has 1 N–H and O–H groups in total. The molecule has 0 bridgehead atoms. The number of halogens is 5. The highest BCUT2D eigenvalue weighted by Gasteiger charge is 2.41. The van der Waals surface area contributed by atoms with Crippen LogP contribution in [0, 0.1) is 5.82 Å². The lowest BCUT2D eigenvalue weighted by Crippen LogP contribution is -2.54. The van der Waals surface area contributed by atoms with E-state index in [9.17, 15) is 22.4 Å². The summed E-state index contributed by atoms with van der Waals surface area (Å²) < 4.78 is 56.0. The normalized spacial score (nSPS) is 16.6. The second-order valence-corrected chi connectivity index (χ2v) is 9.67. The average Bonchev–Trinajstić information content (AvgIpc) is 3.08. The molecule has 0 aliphatic carbocycles. The van der Waals surface area contributed by atoms with Crippen molar-refractivity contribution in [3.63, 3.8) is 0 Å². The molecule has 2 heterocycles. The van der Waals surface area contributed by atoms with E-state index in [1.54, 1.807) is 41.3 Å². The molecule has 37 heavy (non-hydrogen) atoms. The molecule has 5 nitrogen and oxygen atoms in total. The Morgan fingerprint density at radius 2 is 1.73 bits per heavy atom. The Hall–Kier alpha value is -3.17. The van der Waals surface area contributed by atoms with E-state index >= 15 is 0 Å². The Kier molecular flexibility index (Phi) is 8.04. The molecule has 1 aromatic heterocycles. The van der Waals surface area contributed by atoms with Gasteiger partial charge in [-0.2, -0.15) is 13.2 Å². The summed E-state index contributed by atoms with van der Waals surface area (Å²) in [6.07, 6.45) is -2.66. The van der Waals surface area contributed by atoms with E-state index in [4.69, 9.17) is 11.6 Å². The third-order valence-corrected chi connectivity index (χ3v) is 6.75. The lowest BCUT2D eigenvalue weighted by molar-refractivity contribution is -0.137. The standard InChI is InChI=1S/C27H27ClF4N4O/c1-35-10-5-11-36(13-12-35)25(37)34-26(17-19-6-3-2-4-7-19,24-9-8-22(28)18-33-24)20-14-21(27(30,31)32)16-23(29)15-20/h2-4,6-9,14-16,18H,5,10-13,17H2,1H3,(H,34,37). The summed E-state index contributed by atoms with van der Waals surface area (Å²) in [5.74, 6) is -1.07. The fraction of sp³-hybridized carbons (Fsp3) is 0.333. The summed E-state index contributed by atoms with van der Waals surface area (Å²) in [6.45, 7) is 2.38. The molecular formula is C27H27ClF4N4O. The van der Waals surface area contributed by atoms with Gasteiger partial charge in [0.2, 0.25) is 0 Å². The van der Waals surface area contributed by atoms with Crippen LogP contribution in [-0.2, 0) is 18.1 Å². The van der Waals surface area contributed by atoms with Crippen molar-refractivity contribution in [2.24, 2.45) is 0 Å². The molecule has 196 valence electrons. The summed E-state index contributed by atoms with van der Waals surface area (Å²) in [4.78, 5) is 21.8. The minimum absolute atomic E-state index is 0.0305. The number of hydrogen-bond donors (Lipinski definition) is 1. The van der Waals surface area contributed by atoms with Crippen molar-refractivity contribution in [2.75, 3.05) is 33.2 Å². The van der Waals surface area contributed by atoms with Gasteiger partial charge in [-0.3, -0.25) is 4.98 Å². The van der Waals surface area contributed by atoms with Gasteiger partial charge in [-0.15, -0.1) is 0 Å². The van der Waals surface area contributed by atoms with E-state index in [1.807, 2.05) is 13.1 Å². The molecule has 4 rings (SSSR count). The van der Waals surface area contributed by atoms with E-state index in [1.165, 1.54) is 6.20 Å². The quantitative estimate of drug-likeness (QED) is 0.426. The molecule has 3 aromatic rings. The maximum Gasteiger partial charge on any atom is 0.416 e. The largest absolute Gasteiger partial charge is 0.416 e. The second kappa shape index (κ2) is 11.1. The minimum Gasteiger partial charge on any atom is -0.323 e. The lowest BCUT2D eigenvalue weighted by Gasteiger charge is -2.37. The van der Waals surface area contributed by atoms with E-state index in [2.05, 4.69) is 15.2 Å². The van der Waals surface area contributed by atoms with Gasteiger partial charge < -0.3 is 15.1 Å². The van der Waals surface area contributed by atoms with Gasteiger partial charge in [0, 0.05) is 32.3 Å². The van der Waals surface area contributed by atoms with E-state index in [-0.39, 0.29) is 17.7 Å². The molecule has 0 radical (unpaired) electrons. The first-order chi connectivity index (χ1) is 17.6. The second-order valence-electron chi connectivity index (χ2n) is 9.23. The Morgan fingerprint density at radius 1 is 1.00 bits per heavy atom. The van der Waals surface area contributed by atoms with Gasteiger partial charge in [-0.05, 0) is 61.5 Å². The summed E-state index contributed by atoms with van der Waals surface area (Å²) in [6, 6.07) is 13.9.